The molecule has 0 bridgehead atoms. The molecule has 0 spiro atoms. The largest absolute Gasteiger partial charge is 0.490 e. The fourth-order valence-corrected chi connectivity index (χ4v) is 3.96. The van der Waals surface area contributed by atoms with E-state index in [0.717, 1.165) is 0 Å². The van der Waals surface area contributed by atoms with Crippen LogP contribution in [0.25, 0.3) is 0 Å². The van der Waals surface area contributed by atoms with E-state index in [9.17, 15) is 42.2 Å². The zero-order chi connectivity index (χ0) is 25.9. The summed E-state index contributed by atoms with van der Waals surface area (Å²) in [6, 6.07) is 0.244. The first-order chi connectivity index (χ1) is 14.7. The van der Waals surface area contributed by atoms with Crippen molar-refractivity contribution >= 4 is 39.8 Å². The van der Waals surface area contributed by atoms with Crippen molar-refractivity contribution in [1.29, 1.82) is 0 Å². The number of hydrogen-bond donors (Lipinski definition) is 5. The molecule has 0 saturated carbocycles. The minimum Gasteiger partial charge on any atom is -0.475 e. The summed E-state index contributed by atoms with van der Waals surface area (Å²) in [5, 5.41) is 21.2. The summed E-state index contributed by atoms with van der Waals surface area (Å²) in [4.78, 5) is 30.9. The summed E-state index contributed by atoms with van der Waals surface area (Å²) in [5.74, 6) is -4.60. The van der Waals surface area contributed by atoms with Gasteiger partial charge in [0.25, 0.3) is 11.8 Å². The number of thioether (sulfide) groups is 1. The highest BCUT2D eigenvalue weighted by molar-refractivity contribution is 8.45. The third-order valence-electron chi connectivity index (χ3n) is 4.23. The van der Waals surface area contributed by atoms with E-state index in [0.29, 0.717) is 25.2 Å². The van der Waals surface area contributed by atoms with Crippen LogP contribution in [0.2, 0.25) is 0 Å². The van der Waals surface area contributed by atoms with E-state index in [1.165, 1.54) is 17.2 Å². The van der Waals surface area contributed by atoms with Crippen molar-refractivity contribution < 1.29 is 57.3 Å². The third-order valence-corrected chi connectivity index (χ3v) is 6.73. The van der Waals surface area contributed by atoms with Gasteiger partial charge >= 0.3 is 22.4 Å². The normalized spacial score (nSPS) is 18.2. The summed E-state index contributed by atoms with van der Waals surface area (Å²) in [6.07, 6.45) is -3.39. The van der Waals surface area contributed by atoms with Crippen LogP contribution >= 0.6 is 22.0 Å². The van der Waals surface area contributed by atoms with E-state index in [-0.39, 0.29) is 17.7 Å². The molecule has 33 heavy (non-hydrogen) atoms. The topological polar surface area (TPSA) is 128 Å². The summed E-state index contributed by atoms with van der Waals surface area (Å²) < 4.78 is 94.5. The molecule has 18 heteroatoms. The van der Waals surface area contributed by atoms with Gasteiger partial charge in [0.05, 0.1) is 4.75 Å². The maximum absolute atomic E-state index is 12.7. The highest BCUT2D eigenvalue weighted by Crippen LogP contribution is 3.02. The molecule has 0 radical (unpaired) electrons. The van der Waals surface area contributed by atoms with Crippen molar-refractivity contribution in [3.8, 4) is 0 Å². The SMILES string of the molecule is CSC1(C(NC(=O)c2ccc(S(F)(F)(F)(F)F)cc2)C(=O)NO)CNC1.O=C(O)C(F)(F)F. The first kappa shape index (κ1) is 28.7. The number of aliphatic carboxylic acids is 1. The number of nitrogens with one attached hydrogen (secondary N) is 3. The Morgan fingerprint density at radius 2 is 1.55 bits per heavy atom. The zero-order valence-electron chi connectivity index (χ0n) is 16.3. The van der Waals surface area contributed by atoms with Crippen molar-refractivity contribution in [2.24, 2.45) is 0 Å². The average molecular weight is 535 g/mol. The number of carbonyl (C=O) groups excluding carboxylic acids is 2. The quantitative estimate of drug-likeness (QED) is 0.215. The number of alkyl halides is 3. The molecule has 2 amide bonds. The number of hydrogen-bond acceptors (Lipinski definition) is 6. The Morgan fingerprint density at radius 1 is 1.09 bits per heavy atom. The van der Waals surface area contributed by atoms with Gasteiger partial charge in [-0.2, -0.15) is 24.9 Å². The molecule has 0 aromatic heterocycles. The van der Waals surface area contributed by atoms with Crippen molar-refractivity contribution in [2.45, 2.75) is 21.9 Å². The molecule has 1 aromatic rings. The molecule has 1 aliphatic rings. The number of carbonyl (C=O) groups is 3. The van der Waals surface area contributed by atoms with E-state index in [2.05, 4.69) is 10.6 Å². The van der Waals surface area contributed by atoms with E-state index >= 15 is 0 Å². The molecule has 2 rings (SSSR count). The van der Waals surface area contributed by atoms with Gasteiger partial charge in [0.15, 0.2) is 0 Å². The molecule has 190 valence electrons. The Hall–Kier alpha value is -2.31. The highest BCUT2D eigenvalue weighted by Gasteiger charge is 2.65. The predicted molar refractivity (Wildman–Crippen MR) is 102 cm³/mol. The van der Waals surface area contributed by atoms with Crippen LogP contribution in [0.15, 0.2) is 29.2 Å². The van der Waals surface area contributed by atoms with Gasteiger partial charge in [-0.25, -0.2) is 10.3 Å². The molecule has 1 aliphatic heterocycles. The standard InChI is InChI=1S/C13H16F5N3O3S2.C2HF3O2/c1-25-13(6-19-7-13)10(12(23)21-24)20-11(22)8-2-4-9(5-3-8)26(14,15,16,17)18;3-2(4,5)1(6)7/h2-5,10,19,24H,6-7H2,1H3,(H,20,22)(H,21,23);(H,6,7). The van der Waals surface area contributed by atoms with Gasteiger partial charge in [0.2, 0.25) is 0 Å². The molecular weight excluding hydrogens is 518 g/mol. The molecule has 1 fully saturated rings. The Kier molecular flexibility index (Phi) is 7.66. The first-order valence-electron chi connectivity index (χ1n) is 8.32. The number of amides is 2. The number of rotatable bonds is 6. The van der Waals surface area contributed by atoms with Gasteiger partial charge < -0.3 is 15.7 Å². The lowest BCUT2D eigenvalue weighted by Gasteiger charge is -2.45. The van der Waals surface area contributed by atoms with Gasteiger partial charge in [0, 0.05) is 18.7 Å². The predicted octanol–water partition coefficient (Wildman–Crippen LogP) is 3.29. The second kappa shape index (κ2) is 8.80. The first-order valence-corrected chi connectivity index (χ1v) is 11.5. The Balaban J connectivity index is 0.000000675. The van der Waals surface area contributed by atoms with Crippen LogP contribution in [0.1, 0.15) is 10.4 Å². The van der Waals surface area contributed by atoms with Gasteiger partial charge in [0.1, 0.15) is 10.9 Å². The lowest BCUT2D eigenvalue weighted by molar-refractivity contribution is -0.192. The molecule has 1 saturated heterocycles. The van der Waals surface area contributed by atoms with Gasteiger partial charge in [-0.05, 0) is 30.5 Å². The van der Waals surface area contributed by atoms with Gasteiger partial charge in [-0.15, -0.1) is 0 Å². The Morgan fingerprint density at radius 3 is 1.82 bits per heavy atom. The maximum atomic E-state index is 12.7. The summed E-state index contributed by atoms with van der Waals surface area (Å²) in [7, 11) is -9.83. The van der Waals surface area contributed by atoms with Crippen LogP contribution in [-0.2, 0) is 9.59 Å². The van der Waals surface area contributed by atoms with E-state index < -0.39 is 49.9 Å². The van der Waals surface area contributed by atoms with Crippen LogP contribution in [0.3, 0.4) is 0 Å². The van der Waals surface area contributed by atoms with Crippen LogP contribution in [-0.4, -0.2) is 64.4 Å². The Bertz CT molecular complexity index is 900. The number of hydroxylamine groups is 1. The monoisotopic (exact) mass is 535 g/mol. The molecule has 0 aliphatic carbocycles. The van der Waals surface area contributed by atoms with Crippen molar-refractivity contribution in [2.75, 3.05) is 19.3 Å². The number of benzene rings is 1. The Labute approximate surface area is 184 Å². The van der Waals surface area contributed by atoms with Gasteiger partial charge in [-0.3, -0.25) is 14.8 Å². The van der Waals surface area contributed by atoms with E-state index in [4.69, 9.17) is 15.1 Å². The molecular formula is C15H17F8N3O5S2. The highest BCUT2D eigenvalue weighted by atomic mass is 32.5. The lowest BCUT2D eigenvalue weighted by Crippen LogP contribution is -2.71. The smallest absolute Gasteiger partial charge is 0.475 e. The number of halogens is 8. The molecule has 1 aromatic carbocycles. The van der Waals surface area contributed by atoms with Crippen molar-refractivity contribution in [1.82, 2.24) is 16.1 Å². The molecule has 1 atom stereocenters. The minimum atomic E-state index is -9.83. The second-order valence-electron chi connectivity index (χ2n) is 6.55. The second-order valence-corrected chi connectivity index (χ2v) is 10.2. The van der Waals surface area contributed by atoms with E-state index in [1.54, 1.807) is 6.26 Å². The third kappa shape index (κ3) is 7.61. The fraction of sp³-hybridized carbons (Fsp3) is 0.400. The lowest BCUT2D eigenvalue weighted by atomic mass is 9.91. The van der Waals surface area contributed by atoms with Crippen LogP contribution in [0.5, 0.6) is 0 Å². The molecule has 5 N–H and O–H groups in total. The summed E-state index contributed by atoms with van der Waals surface area (Å²) >= 11 is 1.26. The fourth-order valence-electron chi connectivity index (χ4n) is 2.42. The minimum absolute atomic E-state index is 0.118. The zero-order valence-corrected chi connectivity index (χ0v) is 17.9. The van der Waals surface area contributed by atoms with Crippen molar-refractivity contribution in [3.05, 3.63) is 29.8 Å². The molecule has 1 heterocycles. The average Bonchev–Trinajstić information content (AvgIpc) is 2.64. The molecule has 1 unspecified atom stereocenters. The van der Waals surface area contributed by atoms with E-state index in [1.807, 2.05) is 0 Å². The number of carboxylic acids is 1. The summed E-state index contributed by atoms with van der Waals surface area (Å²) in [6.45, 7) is 0.686. The van der Waals surface area contributed by atoms with Crippen LogP contribution in [0.4, 0.5) is 32.6 Å². The van der Waals surface area contributed by atoms with Crippen LogP contribution < -0.4 is 16.1 Å². The maximum Gasteiger partial charge on any atom is 0.490 e. The summed E-state index contributed by atoms with van der Waals surface area (Å²) in [5.41, 5.74) is 1.09. The van der Waals surface area contributed by atoms with Crippen LogP contribution in [0, 0.1) is 0 Å². The number of carboxylic acid groups (broad SMARTS) is 1. The molecule has 8 nitrogen and oxygen atoms in total. The van der Waals surface area contributed by atoms with Gasteiger partial charge in [-0.1, -0.05) is 19.4 Å². The van der Waals surface area contributed by atoms with Crippen molar-refractivity contribution in [3.63, 3.8) is 0 Å².